The van der Waals surface area contributed by atoms with Crippen molar-refractivity contribution in [3.63, 3.8) is 0 Å². The van der Waals surface area contributed by atoms with Gasteiger partial charge in [0.2, 0.25) is 0 Å². The van der Waals surface area contributed by atoms with E-state index < -0.39 is 5.54 Å². The summed E-state index contributed by atoms with van der Waals surface area (Å²) in [6, 6.07) is 9.78. The Hall–Kier alpha value is -3.66. The van der Waals surface area contributed by atoms with Crippen LogP contribution in [0.5, 0.6) is 0 Å². The lowest BCUT2D eigenvalue weighted by molar-refractivity contribution is -0.129. The van der Waals surface area contributed by atoms with Crippen LogP contribution in [0.1, 0.15) is 56.7 Å². The second-order valence-electron chi connectivity index (χ2n) is 9.45. The smallest absolute Gasteiger partial charge is 0.298 e. The van der Waals surface area contributed by atoms with Gasteiger partial charge in [-0.1, -0.05) is 19.8 Å². The third-order valence-corrected chi connectivity index (χ3v) is 6.15. The van der Waals surface area contributed by atoms with Crippen molar-refractivity contribution in [2.45, 2.75) is 46.1 Å². The lowest BCUT2D eigenvalue weighted by Gasteiger charge is -2.46. The molecule has 2 aromatic heterocycles. The molecular weight excluding hydrogens is 433 g/mol. The van der Waals surface area contributed by atoms with Gasteiger partial charge < -0.3 is 14.2 Å². The fourth-order valence-electron chi connectivity index (χ4n) is 4.37. The molecule has 1 fully saturated rings. The van der Waals surface area contributed by atoms with Crippen LogP contribution in [-0.4, -0.2) is 51.8 Å². The standard InChI is InChI=1S/C27H28FN3O3/c1-6-7-24(32)30-12-13-31(27(4,5)16-30)26(33)23-15-22-25(34-23)20(17(2)3)14-21(29-22)18-8-10-19(28)11-9-18/h8-11,14-15,17H,12-13,16H2,1-5H3. The molecule has 3 aromatic rings. The first-order valence-electron chi connectivity index (χ1n) is 11.3. The number of nitrogens with zero attached hydrogens (tertiary/aromatic N) is 3. The fourth-order valence-corrected chi connectivity index (χ4v) is 4.37. The Morgan fingerprint density at radius 1 is 1.15 bits per heavy atom. The first-order valence-corrected chi connectivity index (χ1v) is 11.3. The molecule has 1 saturated heterocycles. The summed E-state index contributed by atoms with van der Waals surface area (Å²) in [4.78, 5) is 33.8. The predicted molar refractivity (Wildman–Crippen MR) is 129 cm³/mol. The minimum Gasteiger partial charge on any atom is -0.449 e. The number of carbonyl (C=O) groups excluding carboxylic acids is 2. The lowest BCUT2D eigenvalue weighted by Crippen LogP contribution is -2.61. The zero-order valence-electron chi connectivity index (χ0n) is 20.1. The van der Waals surface area contributed by atoms with Gasteiger partial charge in [-0.05, 0) is 62.9 Å². The highest BCUT2D eigenvalue weighted by Crippen LogP contribution is 2.33. The van der Waals surface area contributed by atoms with Crippen molar-refractivity contribution in [2.24, 2.45) is 0 Å². The predicted octanol–water partition coefficient (Wildman–Crippen LogP) is 4.84. The number of piperazine rings is 1. The number of pyridine rings is 1. The lowest BCUT2D eigenvalue weighted by atomic mass is 9.98. The normalized spacial score (nSPS) is 15.4. The molecule has 1 aliphatic rings. The van der Waals surface area contributed by atoms with Gasteiger partial charge in [0.1, 0.15) is 11.3 Å². The average molecular weight is 462 g/mol. The molecule has 3 heterocycles. The maximum atomic E-state index is 13.5. The van der Waals surface area contributed by atoms with E-state index in [9.17, 15) is 14.0 Å². The Morgan fingerprint density at radius 2 is 1.85 bits per heavy atom. The summed E-state index contributed by atoms with van der Waals surface area (Å²) in [5.74, 6) is 4.77. The van der Waals surface area contributed by atoms with Crippen molar-refractivity contribution in [1.29, 1.82) is 0 Å². The summed E-state index contributed by atoms with van der Waals surface area (Å²) in [5, 5.41) is 0. The monoisotopic (exact) mass is 461 g/mol. The van der Waals surface area contributed by atoms with Crippen molar-refractivity contribution in [3.05, 3.63) is 53.5 Å². The van der Waals surface area contributed by atoms with Crippen LogP contribution in [-0.2, 0) is 4.79 Å². The molecule has 0 saturated carbocycles. The van der Waals surface area contributed by atoms with E-state index >= 15 is 0 Å². The largest absolute Gasteiger partial charge is 0.449 e. The van der Waals surface area contributed by atoms with E-state index in [1.165, 1.54) is 12.1 Å². The van der Waals surface area contributed by atoms with Crippen molar-refractivity contribution in [3.8, 4) is 23.1 Å². The maximum absolute atomic E-state index is 13.5. The van der Waals surface area contributed by atoms with Gasteiger partial charge in [-0.25, -0.2) is 9.37 Å². The van der Waals surface area contributed by atoms with E-state index in [2.05, 4.69) is 11.8 Å². The van der Waals surface area contributed by atoms with Crippen LogP contribution in [0.3, 0.4) is 0 Å². The molecule has 1 aromatic carbocycles. The minimum absolute atomic E-state index is 0.129. The van der Waals surface area contributed by atoms with Crippen LogP contribution in [0.4, 0.5) is 4.39 Å². The number of rotatable bonds is 3. The Kier molecular flexibility index (Phi) is 6.18. The highest BCUT2D eigenvalue weighted by molar-refractivity contribution is 5.97. The van der Waals surface area contributed by atoms with Crippen LogP contribution in [0.2, 0.25) is 0 Å². The number of benzene rings is 1. The molecule has 0 aliphatic carbocycles. The average Bonchev–Trinajstić information content (AvgIpc) is 3.22. The topological polar surface area (TPSA) is 66.7 Å². The molecule has 0 radical (unpaired) electrons. The maximum Gasteiger partial charge on any atom is 0.298 e. The van der Waals surface area contributed by atoms with Gasteiger partial charge in [-0.15, -0.1) is 0 Å². The third kappa shape index (κ3) is 4.41. The number of furan rings is 1. The van der Waals surface area contributed by atoms with Crippen molar-refractivity contribution < 1.29 is 18.4 Å². The molecule has 7 heteroatoms. The van der Waals surface area contributed by atoms with Crippen LogP contribution < -0.4 is 0 Å². The highest BCUT2D eigenvalue weighted by Gasteiger charge is 2.39. The second kappa shape index (κ2) is 8.94. The summed E-state index contributed by atoms with van der Waals surface area (Å²) in [5.41, 5.74) is 2.98. The van der Waals surface area contributed by atoms with Crippen LogP contribution in [0, 0.1) is 17.7 Å². The van der Waals surface area contributed by atoms with Crippen molar-refractivity contribution >= 4 is 22.9 Å². The molecule has 0 atom stereocenters. The molecule has 4 rings (SSSR count). The van der Waals surface area contributed by atoms with E-state index in [1.807, 2.05) is 33.8 Å². The number of fused-ring (bicyclic) bond motifs is 1. The van der Waals surface area contributed by atoms with Gasteiger partial charge in [0.05, 0.1) is 11.2 Å². The summed E-state index contributed by atoms with van der Waals surface area (Å²) in [7, 11) is 0. The van der Waals surface area contributed by atoms with Crippen LogP contribution >= 0.6 is 0 Å². The summed E-state index contributed by atoms with van der Waals surface area (Å²) < 4.78 is 19.5. The molecule has 6 nitrogen and oxygen atoms in total. The zero-order valence-corrected chi connectivity index (χ0v) is 20.1. The SMILES string of the molecule is CC#CC(=O)N1CCN(C(=O)c2cc3nc(-c4ccc(F)cc4)cc(C(C)C)c3o2)C(C)(C)C1. The number of amides is 2. The number of hydrogen-bond acceptors (Lipinski definition) is 4. The van der Waals surface area contributed by atoms with Crippen molar-refractivity contribution in [2.75, 3.05) is 19.6 Å². The Labute approximate surface area is 198 Å². The quantitative estimate of drug-likeness (QED) is 0.524. The summed E-state index contributed by atoms with van der Waals surface area (Å²) >= 11 is 0. The molecule has 0 spiro atoms. The van der Waals surface area contributed by atoms with E-state index in [4.69, 9.17) is 9.40 Å². The Bertz CT molecular complexity index is 1310. The first kappa shape index (κ1) is 23.5. The zero-order chi connectivity index (χ0) is 24.6. The van der Waals surface area contributed by atoms with Gasteiger partial charge >= 0.3 is 0 Å². The number of hydrogen-bond donors (Lipinski definition) is 0. The molecule has 0 unspecified atom stereocenters. The van der Waals surface area contributed by atoms with E-state index in [0.717, 1.165) is 11.1 Å². The number of carbonyl (C=O) groups is 2. The first-order chi connectivity index (χ1) is 16.1. The molecule has 1 aliphatic heterocycles. The number of halogens is 1. The van der Waals surface area contributed by atoms with Gasteiger partial charge in [0.25, 0.3) is 11.8 Å². The minimum atomic E-state index is -0.590. The van der Waals surface area contributed by atoms with E-state index in [-0.39, 0.29) is 29.3 Å². The van der Waals surface area contributed by atoms with Gasteiger partial charge in [0.15, 0.2) is 11.3 Å². The van der Waals surface area contributed by atoms with E-state index in [1.54, 1.807) is 34.9 Å². The Balaban J connectivity index is 1.69. The molecule has 34 heavy (non-hydrogen) atoms. The molecule has 2 amide bonds. The van der Waals surface area contributed by atoms with Crippen LogP contribution in [0.15, 0.2) is 40.8 Å². The highest BCUT2D eigenvalue weighted by atomic mass is 19.1. The Morgan fingerprint density at radius 3 is 2.47 bits per heavy atom. The van der Waals surface area contributed by atoms with Crippen molar-refractivity contribution in [1.82, 2.24) is 14.8 Å². The third-order valence-electron chi connectivity index (χ3n) is 6.15. The summed E-state index contributed by atoms with van der Waals surface area (Å²) in [6.07, 6.45) is 0. The van der Waals surface area contributed by atoms with Crippen LogP contribution in [0.25, 0.3) is 22.4 Å². The molecule has 0 bridgehead atoms. The second-order valence-corrected chi connectivity index (χ2v) is 9.45. The summed E-state index contributed by atoms with van der Waals surface area (Å²) in [6.45, 7) is 10.8. The van der Waals surface area contributed by atoms with E-state index in [0.29, 0.717) is 36.4 Å². The van der Waals surface area contributed by atoms with Gasteiger partial charge in [0, 0.05) is 36.8 Å². The van der Waals surface area contributed by atoms with Gasteiger partial charge in [-0.2, -0.15) is 0 Å². The fraction of sp³-hybridized carbons (Fsp3) is 0.370. The van der Waals surface area contributed by atoms with Gasteiger partial charge in [-0.3, -0.25) is 9.59 Å². The molecule has 176 valence electrons. The number of aromatic nitrogens is 1. The molecular formula is C27H28FN3O3. The molecule has 0 N–H and O–H groups in total.